The van der Waals surface area contributed by atoms with Crippen molar-refractivity contribution >= 4 is 17.3 Å². The molecule has 5 N–H and O–H groups in total. The second-order valence-electron chi connectivity index (χ2n) is 7.92. The Balaban J connectivity index is 1.39. The second-order valence-corrected chi connectivity index (χ2v) is 8.36. The van der Waals surface area contributed by atoms with Gasteiger partial charge < -0.3 is 24.7 Å². The third-order valence-electron chi connectivity index (χ3n) is 5.92. The van der Waals surface area contributed by atoms with E-state index in [0.717, 1.165) is 73.4 Å². The van der Waals surface area contributed by atoms with Gasteiger partial charge in [0.25, 0.3) is 0 Å². The predicted molar refractivity (Wildman–Crippen MR) is 116 cm³/mol. The van der Waals surface area contributed by atoms with Crippen molar-refractivity contribution in [1.82, 2.24) is 31.2 Å². The molecule has 0 spiro atoms. The van der Waals surface area contributed by atoms with Crippen LogP contribution in [0.25, 0.3) is 5.70 Å². The van der Waals surface area contributed by atoms with Crippen LogP contribution in [0.1, 0.15) is 36.1 Å². The molecule has 0 atom stereocenters. The lowest BCUT2D eigenvalue weighted by Gasteiger charge is -2.34. The van der Waals surface area contributed by atoms with Crippen molar-refractivity contribution in [2.45, 2.75) is 25.3 Å². The molecule has 10 heteroatoms. The zero-order chi connectivity index (χ0) is 21.2. The van der Waals surface area contributed by atoms with Crippen molar-refractivity contribution in [3.8, 4) is 5.75 Å². The Morgan fingerprint density at radius 1 is 1.26 bits per heavy atom. The Morgan fingerprint density at radius 2 is 2.13 bits per heavy atom. The smallest absolute Gasteiger partial charge is 0.305 e. The number of allylic oxidation sites excluding steroid dienone is 1. The van der Waals surface area contributed by atoms with Gasteiger partial charge in [-0.15, -0.1) is 10.2 Å². The number of quaternary nitrogens is 1. The van der Waals surface area contributed by atoms with Crippen molar-refractivity contribution in [3.63, 3.8) is 0 Å². The van der Waals surface area contributed by atoms with Gasteiger partial charge in [-0.25, -0.2) is 10.9 Å². The van der Waals surface area contributed by atoms with Crippen LogP contribution < -0.4 is 26.2 Å². The van der Waals surface area contributed by atoms with Gasteiger partial charge in [0.05, 0.1) is 12.8 Å². The number of halogens is 1. The van der Waals surface area contributed by atoms with Crippen molar-refractivity contribution < 1.29 is 14.6 Å². The van der Waals surface area contributed by atoms with Gasteiger partial charge in [-0.3, -0.25) is 0 Å². The standard InChI is InChI=1S/C21H26ClN7O2/c1-30-18-3-2-15(22)10-14(18)12-29-9-8-24-19-17(29)11-16(25-26-19)21-28-27-20(31-21)13-4-6-23-7-5-13/h2-3,10-11,13,23-26H,4-9,12H2,1H3/p+1. The maximum absolute atomic E-state index is 6.24. The number of nitrogens with zero attached hydrogens (tertiary/aromatic N) is 3. The molecule has 31 heavy (non-hydrogen) atoms. The number of ether oxygens (including phenoxy) is 1. The van der Waals surface area contributed by atoms with Gasteiger partial charge in [-0.1, -0.05) is 11.6 Å². The van der Waals surface area contributed by atoms with E-state index in [2.05, 4.69) is 37.2 Å². The van der Waals surface area contributed by atoms with Crippen molar-refractivity contribution in [1.29, 1.82) is 0 Å². The molecule has 9 nitrogen and oxygen atoms in total. The van der Waals surface area contributed by atoms with E-state index in [1.165, 1.54) is 0 Å². The van der Waals surface area contributed by atoms with Crippen LogP contribution in [0.3, 0.4) is 0 Å². The zero-order valence-electron chi connectivity index (χ0n) is 17.4. The van der Waals surface area contributed by atoms with E-state index in [1.807, 2.05) is 23.6 Å². The molecule has 0 radical (unpaired) electrons. The average molecular weight is 445 g/mol. The third kappa shape index (κ3) is 4.21. The summed E-state index contributed by atoms with van der Waals surface area (Å²) in [5.74, 6) is 3.39. The molecule has 4 heterocycles. The maximum atomic E-state index is 6.24. The fourth-order valence-electron chi connectivity index (χ4n) is 4.26. The van der Waals surface area contributed by atoms with Crippen molar-refractivity contribution in [3.05, 3.63) is 58.2 Å². The quantitative estimate of drug-likeness (QED) is 0.504. The molecule has 3 aliphatic rings. The van der Waals surface area contributed by atoms with E-state index in [-0.39, 0.29) is 0 Å². The molecular weight excluding hydrogens is 418 g/mol. The Labute approximate surface area is 185 Å². The van der Waals surface area contributed by atoms with Gasteiger partial charge in [-0.05, 0) is 44.1 Å². The zero-order valence-corrected chi connectivity index (χ0v) is 18.2. The first-order chi connectivity index (χ1) is 15.2. The second kappa shape index (κ2) is 8.78. The molecule has 5 rings (SSSR count). The van der Waals surface area contributed by atoms with Crippen LogP contribution in [0.4, 0.5) is 0 Å². The van der Waals surface area contributed by atoms with Crippen molar-refractivity contribution in [2.24, 2.45) is 0 Å². The normalized spacial score (nSPS) is 19.4. The van der Waals surface area contributed by atoms with Crippen LogP contribution in [-0.4, -0.2) is 48.4 Å². The number of nitrogens with one attached hydrogen (secondary N) is 3. The molecule has 2 aromatic rings. The Morgan fingerprint density at radius 3 is 2.97 bits per heavy atom. The van der Waals surface area contributed by atoms with E-state index in [4.69, 9.17) is 20.8 Å². The van der Waals surface area contributed by atoms with Crippen LogP contribution in [0.15, 0.2) is 40.2 Å². The van der Waals surface area contributed by atoms with Gasteiger partial charge in [0.2, 0.25) is 11.6 Å². The predicted octanol–water partition coefficient (Wildman–Crippen LogP) is 0.896. The number of methoxy groups -OCH3 is 1. The molecule has 0 amide bonds. The lowest BCUT2D eigenvalue weighted by Crippen LogP contribution is -2.92. The van der Waals surface area contributed by atoms with Crippen LogP contribution in [0.2, 0.25) is 5.02 Å². The maximum Gasteiger partial charge on any atom is 0.305 e. The average Bonchev–Trinajstić information content (AvgIpc) is 3.30. The molecule has 164 valence electrons. The minimum absolute atomic E-state index is 0.331. The fourth-order valence-corrected chi connectivity index (χ4v) is 4.46. The number of benzene rings is 1. The number of rotatable bonds is 5. The summed E-state index contributed by atoms with van der Waals surface area (Å²) in [4.78, 5) is 2.30. The van der Waals surface area contributed by atoms with Crippen LogP contribution in [0, 0.1) is 0 Å². The largest absolute Gasteiger partial charge is 0.496 e. The molecule has 3 aliphatic heterocycles. The lowest BCUT2D eigenvalue weighted by atomic mass is 9.98. The highest BCUT2D eigenvalue weighted by Gasteiger charge is 2.29. The van der Waals surface area contributed by atoms with E-state index in [0.29, 0.717) is 23.4 Å². The van der Waals surface area contributed by atoms with E-state index < -0.39 is 0 Å². The Hall–Kier alpha value is -2.75. The summed E-state index contributed by atoms with van der Waals surface area (Å²) in [7, 11) is 1.68. The molecular formula is C21H27ClN7O2+. The Kier molecular flexibility index (Phi) is 5.71. The highest BCUT2D eigenvalue weighted by atomic mass is 35.5. The van der Waals surface area contributed by atoms with Gasteiger partial charge in [0.15, 0.2) is 5.82 Å². The van der Waals surface area contributed by atoms with Gasteiger partial charge in [0.1, 0.15) is 5.75 Å². The monoisotopic (exact) mass is 444 g/mol. The van der Waals surface area contributed by atoms with Gasteiger partial charge >= 0.3 is 5.89 Å². The molecule has 1 saturated heterocycles. The summed E-state index contributed by atoms with van der Waals surface area (Å²) in [5, 5.41) is 16.1. The first-order valence-electron chi connectivity index (χ1n) is 10.6. The first-order valence-corrected chi connectivity index (χ1v) is 11.0. The number of hydrogen-bond donors (Lipinski definition) is 4. The SMILES string of the molecule is COc1ccc(Cl)cc1CN1CCNC2=C1C=C(c1nnc(C3CCNCC3)o1)[NH2+]N2. The summed E-state index contributed by atoms with van der Waals surface area (Å²) >= 11 is 6.24. The van der Waals surface area contributed by atoms with Gasteiger partial charge in [-0.2, -0.15) is 0 Å². The molecule has 1 aromatic carbocycles. The molecule has 0 saturated carbocycles. The first kappa shape index (κ1) is 20.2. The fraction of sp³-hybridized carbons (Fsp3) is 0.429. The minimum atomic E-state index is 0.331. The molecule has 0 bridgehead atoms. The van der Waals surface area contributed by atoms with Crippen LogP contribution in [-0.2, 0) is 6.54 Å². The van der Waals surface area contributed by atoms with Crippen molar-refractivity contribution in [2.75, 3.05) is 33.3 Å². The topological polar surface area (TPSA) is 104 Å². The highest BCUT2D eigenvalue weighted by molar-refractivity contribution is 6.30. The van der Waals surface area contributed by atoms with Crippen LogP contribution >= 0.6 is 11.6 Å². The highest BCUT2D eigenvalue weighted by Crippen LogP contribution is 2.28. The summed E-state index contributed by atoms with van der Waals surface area (Å²) < 4.78 is 11.6. The number of aromatic nitrogens is 2. The summed E-state index contributed by atoms with van der Waals surface area (Å²) in [6.07, 6.45) is 4.14. The van der Waals surface area contributed by atoms with E-state index in [1.54, 1.807) is 7.11 Å². The molecule has 0 unspecified atom stereocenters. The number of hydrogen-bond acceptors (Lipinski definition) is 8. The molecule has 1 fully saturated rings. The lowest BCUT2D eigenvalue weighted by molar-refractivity contribution is -0.621. The Bertz CT molecular complexity index is 1010. The number of piperidine rings is 1. The van der Waals surface area contributed by atoms with E-state index in [9.17, 15) is 0 Å². The third-order valence-corrected chi connectivity index (χ3v) is 6.16. The molecule has 0 aliphatic carbocycles. The summed E-state index contributed by atoms with van der Waals surface area (Å²) in [6, 6.07) is 5.71. The molecule has 1 aromatic heterocycles. The summed E-state index contributed by atoms with van der Waals surface area (Å²) in [6.45, 7) is 4.35. The van der Waals surface area contributed by atoms with Gasteiger partial charge in [0, 0.05) is 42.2 Å². The summed E-state index contributed by atoms with van der Waals surface area (Å²) in [5.41, 5.74) is 8.23. The van der Waals surface area contributed by atoms with Crippen LogP contribution in [0.5, 0.6) is 5.75 Å². The minimum Gasteiger partial charge on any atom is -0.496 e. The number of nitrogens with two attached hydrogens (primary N) is 1. The van der Waals surface area contributed by atoms with E-state index >= 15 is 0 Å².